The van der Waals surface area contributed by atoms with Crippen molar-refractivity contribution in [2.24, 2.45) is 5.92 Å². The Labute approximate surface area is 136 Å². The summed E-state index contributed by atoms with van der Waals surface area (Å²) in [5.41, 5.74) is 1.51. The van der Waals surface area contributed by atoms with Crippen LogP contribution in [0.25, 0.3) is 0 Å². The second-order valence-electron chi connectivity index (χ2n) is 5.94. The summed E-state index contributed by atoms with van der Waals surface area (Å²) in [5.74, 6) is 0.496. The SMILES string of the molecule is CC(C)Cn1cc(NC(=O)NCCC(O)c2ccccc2)cn1. The van der Waals surface area contributed by atoms with Crippen molar-refractivity contribution in [1.82, 2.24) is 15.1 Å². The molecule has 0 saturated heterocycles. The summed E-state index contributed by atoms with van der Waals surface area (Å²) in [6, 6.07) is 9.11. The van der Waals surface area contributed by atoms with Gasteiger partial charge in [-0.25, -0.2) is 4.79 Å². The number of aliphatic hydroxyl groups is 1. The Morgan fingerprint density at radius 3 is 2.74 bits per heavy atom. The quantitative estimate of drug-likeness (QED) is 0.735. The van der Waals surface area contributed by atoms with E-state index in [1.165, 1.54) is 0 Å². The summed E-state index contributed by atoms with van der Waals surface area (Å²) in [6.07, 6.45) is 3.31. The van der Waals surface area contributed by atoms with Crippen molar-refractivity contribution in [3.8, 4) is 0 Å². The van der Waals surface area contributed by atoms with E-state index in [9.17, 15) is 9.90 Å². The number of aromatic nitrogens is 2. The molecule has 1 atom stereocenters. The van der Waals surface area contributed by atoms with Gasteiger partial charge in [-0.05, 0) is 17.9 Å². The number of hydrogen-bond acceptors (Lipinski definition) is 3. The monoisotopic (exact) mass is 316 g/mol. The van der Waals surface area contributed by atoms with Gasteiger partial charge in [0.15, 0.2) is 0 Å². The lowest BCUT2D eigenvalue weighted by atomic mass is 10.1. The molecule has 0 radical (unpaired) electrons. The van der Waals surface area contributed by atoms with E-state index in [0.29, 0.717) is 24.6 Å². The van der Waals surface area contributed by atoms with Crippen LogP contribution in [-0.4, -0.2) is 27.5 Å². The summed E-state index contributed by atoms with van der Waals surface area (Å²) >= 11 is 0. The number of rotatable bonds is 7. The van der Waals surface area contributed by atoms with E-state index >= 15 is 0 Å². The number of nitrogens with zero attached hydrogens (tertiary/aromatic N) is 2. The molecule has 2 rings (SSSR count). The molecule has 2 amide bonds. The van der Waals surface area contributed by atoms with Crippen LogP contribution in [0.5, 0.6) is 0 Å². The van der Waals surface area contributed by atoms with E-state index in [-0.39, 0.29) is 6.03 Å². The Hall–Kier alpha value is -2.34. The van der Waals surface area contributed by atoms with Crippen molar-refractivity contribution < 1.29 is 9.90 Å². The molecule has 0 fully saturated rings. The summed E-state index contributed by atoms with van der Waals surface area (Å²) in [6.45, 7) is 5.42. The van der Waals surface area contributed by atoms with E-state index in [2.05, 4.69) is 29.6 Å². The Morgan fingerprint density at radius 2 is 2.04 bits per heavy atom. The van der Waals surface area contributed by atoms with Gasteiger partial charge in [0.05, 0.1) is 18.0 Å². The standard InChI is InChI=1S/C17H24N4O2/c1-13(2)11-21-12-15(10-19-21)20-17(23)18-9-8-16(22)14-6-4-3-5-7-14/h3-7,10,12-13,16,22H,8-9,11H2,1-2H3,(H2,18,20,23). The molecule has 0 aliphatic rings. The Bertz CT molecular complexity index is 610. The second kappa shape index (κ2) is 8.33. The highest BCUT2D eigenvalue weighted by Gasteiger charge is 2.08. The smallest absolute Gasteiger partial charge is 0.319 e. The molecule has 1 aromatic heterocycles. The number of aliphatic hydroxyl groups excluding tert-OH is 1. The lowest BCUT2D eigenvalue weighted by molar-refractivity contribution is 0.167. The van der Waals surface area contributed by atoms with Crippen molar-refractivity contribution in [1.29, 1.82) is 0 Å². The van der Waals surface area contributed by atoms with Crippen molar-refractivity contribution in [2.75, 3.05) is 11.9 Å². The van der Waals surface area contributed by atoms with Crippen LogP contribution in [0.3, 0.4) is 0 Å². The van der Waals surface area contributed by atoms with Gasteiger partial charge in [0.25, 0.3) is 0 Å². The molecular weight excluding hydrogens is 292 g/mol. The van der Waals surface area contributed by atoms with Crippen molar-refractivity contribution >= 4 is 11.7 Å². The molecule has 1 aromatic carbocycles. The second-order valence-corrected chi connectivity index (χ2v) is 5.94. The molecule has 0 saturated carbocycles. The molecule has 0 aliphatic heterocycles. The first-order valence-corrected chi connectivity index (χ1v) is 7.85. The molecule has 124 valence electrons. The molecule has 0 bridgehead atoms. The predicted molar refractivity (Wildman–Crippen MR) is 90.1 cm³/mol. The van der Waals surface area contributed by atoms with Gasteiger partial charge in [-0.15, -0.1) is 0 Å². The third kappa shape index (κ3) is 5.75. The minimum Gasteiger partial charge on any atom is -0.388 e. The number of amides is 2. The van der Waals surface area contributed by atoms with Crippen LogP contribution in [0.2, 0.25) is 0 Å². The van der Waals surface area contributed by atoms with Crippen LogP contribution in [0.4, 0.5) is 10.5 Å². The number of carbonyl (C=O) groups excluding carboxylic acids is 1. The summed E-state index contributed by atoms with van der Waals surface area (Å²) in [5, 5.41) is 19.7. The van der Waals surface area contributed by atoms with E-state index in [4.69, 9.17) is 0 Å². The number of carbonyl (C=O) groups is 1. The van der Waals surface area contributed by atoms with Crippen molar-refractivity contribution in [3.63, 3.8) is 0 Å². The largest absolute Gasteiger partial charge is 0.388 e. The van der Waals surface area contributed by atoms with Gasteiger partial charge in [-0.3, -0.25) is 4.68 Å². The molecular formula is C17H24N4O2. The molecule has 3 N–H and O–H groups in total. The maximum atomic E-state index is 11.8. The highest BCUT2D eigenvalue weighted by Crippen LogP contribution is 2.15. The fourth-order valence-corrected chi connectivity index (χ4v) is 2.24. The molecule has 0 spiro atoms. The highest BCUT2D eigenvalue weighted by molar-refractivity contribution is 5.88. The van der Waals surface area contributed by atoms with Crippen molar-refractivity contribution in [3.05, 3.63) is 48.3 Å². The first-order valence-electron chi connectivity index (χ1n) is 7.85. The number of urea groups is 1. The zero-order chi connectivity index (χ0) is 16.7. The zero-order valence-corrected chi connectivity index (χ0v) is 13.6. The van der Waals surface area contributed by atoms with Gasteiger partial charge in [-0.2, -0.15) is 5.10 Å². The minimum absolute atomic E-state index is 0.297. The van der Waals surface area contributed by atoms with Gasteiger partial charge >= 0.3 is 6.03 Å². The first kappa shape index (κ1) is 17.0. The molecule has 1 heterocycles. The lowest BCUT2D eigenvalue weighted by Crippen LogP contribution is -2.30. The topological polar surface area (TPSA) is 79.2 Å². The normalized spacial score (nSPS) is 12.2. The molecule has 6 nitrogen and oxygen atoms in total. The van der Waals surface area contributed by atoms with Crippen molar-refractivity contribution in [2.45, 2.75) is 32.9 Å². The van der Waals surface area contributed by atoms with Gasteiger partial charge in [0.2, 0.25) is 0 Å². The third-order valence-electron chi connectivity index (χ3n) is 3.33. The van der Waals surface area contributed by atoms with Crippen LogP contribution >= 0.6 is 0 Å². The molecule has 6 heteroatoms. The predicted octanol–water partition coefficient (Wildman–Crippen LogP) is 2.78. The zero-order valence-electron chi connectivity index (χ0n) is 13.6. The average molecular weight is 316 g/mol. The summed E-state index contributed by atoms with van der Waals surface area (Å²) in [7, 11) is 0. The minimum atomic E-state index is -0.578. The fourth-order valence-electron chi connectivity index (χ4n) is 2.24. The highest BCUT2D eigenvalue weighted by atomic mass is 16.3. The van der Waals surface area contributed by atoms with Gasteiger partial charge in [-0.1, -0.05) is 44.2 Å². The Balaban J connectivity index is 1.72. The van der Waals surface area contributed by atoms with Crippen LogP contribution in [0.15, 0.2) is 42.7 Å². The van der Waals surface area contributed by atoms with Gasteiger partial charge in [0.1, 0.15) is 0 Å². The Kier molecular flexibility index (Phi) is 6.17. The number of benzene rings is 1. The number of anilines is 1. The molecule has 1 unspecified atom stereocenters. The molecule has 23 heavy (non-hydrogen) atoms. The van der Waals surface area contributed by atoms with Gasteiger partial charge in [0, 0.05) is 19.3 Å². The first-order chi connectivity index (χ1) is 11.0. The number of hydrogen-bond donors (Lipinski definition) is 3. The lowest BCUT2D eigenvalue weighted by Gasteiger charge is -2.11. The maximum Gasteiger partial charge on any atom is 0.319 e. The van der Waals surface area contributed by atoms with E-state index in [1.807, 2.05) is 30.3 Å². The summed E-state index contributed by atoms with van der Waals surface area (Å²) < 4.78 is 1.80. The Morgan fingerprint density at radius 1 is 1.30 bits per heavy atom. The van der Waals surface area contributed by atoms with E-state index in [0.717, 1.165) is 12.1 Å². The van der Waals surface area contributed by atoms with Crippen LogP contribution in [0.1, 0.15) is 31.9 Å². The van der Waals surface area contributed by atoms with Crippen LogP contribution in [-0.2, 0) is 6.54 Å². The van der Waals surface area contributed by atoms with Crippen LogP contribution in [0, 0.1) is 5.92 Å². The third-order valence-corrected chi connectivity index (χ3v) is 3.33. The van der Waals surface area contributed by atoms with Gasteiger partial charge < -0.3 is 15.7 Å². The molecule has 2 aromatic rings. The fraction of sp³-hybridized carbons (Fsp3) is 0.412. The molecule has 0 aliphatic carbocycles. The van der Waals surface area contributed by atoms with Crippen LogP contribution < -0.4 is 10.6 Å². The van der Waals surface area contributed by atoms with E-state index < -0.39 is 6.10 Å². The summed E-state index contributed by atoms with van der Waals surface area (Å²) in [4.78, 5) is 11.8. The number of nitrogens with one attached hydrogen (secondary N) is 2. The maximum absolute atomic E-state index is 11.8. The van der Waals surface area contributed by atoms with E-state index in [1.54, 1.807) is 17.1 Å². The average Bonchev–Trinajstić information content (AvgIpc) is 2.94.